The summed E-state index contributed by atoms with van der Waals surface area (Å²) in [6.45, 7) is 0. The standard InChI is InChI=1S/C12H9NO2S/c14-12(15)10-3-1-2-9(6-10)4-5-11-7-13-8-16-11/h1-8H,(H,14,15)/b5-4-. The summed E-state index contributed by atoms with van der Waals surface area (Å²) in [5.41, 5.74) is 2.92. The molecular weight excluding hydrogens is 222 g/mol. The third-order valence-corrected chi connectivity index (χ3v) is 2.77. The highest BCUT2D eigenvalue weighted by molar-refractivity contribution is 7.10. The van der Waals surface area contributed by atoms with Crippen molar-refractivity contribution < 1.29 is 9.90 Å². The number of thiazole rings is 1. The first-order chi connectivity index (χ1) is 7.75. The van der Waals surface area contributed by atoms with Crippen LogP contribution in [0.5, 0.6) is 0 Å². The van der Waals surface area contributed by atoms with Gasteiger partial charge in [0, 0.05) is 11.1 Å². The van der Waals surface area contributed by atoms with Gasteiger partial charge in [-0.05, 0) is 23.8 Å². The monoisotopic (exact) mass is 231 g/mol. The number of nitrogens with zero attached hydrogens (tertiary/aromatic N) is 1. The lowest BCUT2D eigenvalue weighted by Gasteiger charge is -1.96. The molecule has 0 radical (unpaired) electrons. The third kappa shape index (κ3) is 2.55. The van der Waals surface area contributed by atoms with Gasteiger partial charge in [-0.15, -0.1) is 11.3 Å². The summed E-state index contributed by atoms with van der Waals surface area (Å²) in [4.78, 5) is 15.7. The Hall–Kier alpha value is -1.94. The van der Waals surface area contributed by atoms with Crippen molar-refractivity contribution in [1.82, 2.24) is 4.98 Å². The van der Waals surface area contributed by atoms with Crippen molar-refractivity contribution >= 4 is 29.5 Å². The Morgan fingerprint density at radius 2 is 2.25 bits per heavy atom. The van der Waals surface area contributed by atoms with Crippen molar-refractivity contribution in [2.75, 3.05) is 0 Å². The summed E-state index contributed by atoms with van der Waals surface area (Å²) in [6, 6.07) is 6.81. The number of aromatic carboxylic acids is 1. The summed E-state index contributed by atoms with van der Waals surface area (Å²) in [6.07, 6.45) is 5.56. The fourth-order valence-electron chi connectivity index (χ4n) is 1.26. The Labute approximate surface area is 96.7 Å². The number of rotatable bonds is 3. The van der Waals surface area contributed by atoms with Crippen LogP contribution in [0.25, 0.3) is 12.2 Å². The molecule has 80 valence electrons. The largest absolute Gasteiger partial charge is 0.478 e. The Bertz CT molecular complexity index is 518. The number of carboxylic acids is 1. The van der Waals surface area contributed by atoms with Crippen LogP contribution in [0, 0.1) is 0 Å². The van der Waals surface area contributed by atoms with Crippen molar-refractivity contribution in [3.8, 4) is 0 Å². The molecule has 0 fully saturated rings. The van der Waals surface area contributed by atoms with E-state index in [1.807, 2.05) is 18.2 Å². The van der Waals surface area contributed by atoms with E-state index in [0.717, 1.165) is 10.4 Å². The fourth-order valence-corrected chi connectivity index (χ4v) is 1.77. The number of hydrogen-bond donors (Lipinski definition) is 1. The number of hydrogen-bond acceptors (Lipinski definition) is 3. The molecule has 4 heteroatoms. The summed E-state index contributed by atoms with van der Waals surface area (Å²) in [5.74, 6) is -0.909. The van der Waals surface area contributed by atoms with Crippen molar-refractivity contribution in [3.05, 3.63) is 52.0 Å². The highest BCUT2D eigenvalue weighted by Crippen LogP contribution is 2.12. The average Bonchev–Trinajstić information content (AvgIpc) is 2.79. The zero-order valence-corrected chi connectivity index (χ0v) is 9.15. The molecule has 2 aromatic rings. The molecule has 0 bridgehead atoms. The molecule has 0 aliphatic heterocycles. The number of benzene rings is 1. The zero-order chi connectivity index (χ0) is 11.4. The molecule has 0 atom stereocenters. The second kappa shape index (κ2) is 4.72. The molecule has 0 aliphatic rings. The van der Waals surface area contributed by atoms with Gasteiger partial charge in [-0.2, -0.15) is 0 Å². The summed E-state index contributed by atoms with van der Waals surface area (Å²) in [5, 5.41) is 8.83. The Kier molecular flexibility index (Phi) is 3.12. The topological polar surface area (TPSA) is 50.2 Å². The van der Waals surface area contributed by atoms with Crippen LogP contribution >= 0.6 is 11.3 Å². The van der Waals surface area contributed by atoms with Crippen molar-refractivity contribution in [2.45, 2.75) is 0 Å². The SMILES string of the molecule is O=C(O)c1cccc(/C=C\c2cncs2)c1. The van der Waals surface area contributed by atoms with E-state index in [-0.39, 0.29) is 0 Å². The van der Waals surface area contributed by atoms with Gasteiger partial charge in [0.2, 0.25) is 0 Å². The first kappa shape index (κ1) is 10.6. The molecule has 16 heavy (non-hydrogen) atoms. The van der Waals surface area contributed by atoms with Crippen LogP contribution in [0.3, 0.4) is 0 Å². The molecular formula is C12H9NO2S. The molecule has 1 aromatic heterocycles. The van der Waals surface area contributed by atoms with E-state index in [1.54, 1.807) is 29.9 Å². The number of carbonyl (C=O) groups is 1. The maximum atomic E-state index is 10.8. The van der Waals surface area contributed by atoms with E-state index in [0.29, 0.717) is 5.56 Å². The van der Waals surface area contributed by atoms with E-state index in [4.69, 9.17) is 5.11 Å². The molecule has 3 nitrogen and oxygen atoms in total. The van der Waals surface area contributed by atoms with Crippen LogP contribution in [0.15, 0.2) is 36.0 Å². The van der Waals surface area contributed by atoms with E-state index in [2.05, 4.69) is 4.98 Å². The normalized spacial score (nSPS) is 10.8. The van der Waals surface area contributed by atoms with Crippen LogP contribution in [0.2, 0.25) is 0 Å². The minimum Gasteiger partial charge on any atom is -0.478 e. The molecule has 0 spiro atoms. The van der Waals surface area contributed by atoms with Crippen molar-refractivity contribution in [1.29, 1.82) is 0 Å². The lowest BCUT2D eigenvalue weighted by atomic mass is 10.1. The summed E-state index contributed by atoms with van der Waals surface area (Å²) < 4.78 is 0. The smallest absolute Gasteiger partial charge is 0.335 e. The van der Waals surface area contributed by atoms with Gasteiger partial charge in [-0.1, -0.05) is 18.2 Å². The average molecular weight is 231 g/mol. The second-order valence-electron chi connectivity index (χ2n) is 3.17. The Morgan fingerprint density at radius 1 is 1.38 bits per heavy atom. The lowest BCUT2D eigenvalue weighted by Crippen LogP contribution is -1.95. The number of aromatic nitrogens is 1. The fraction of sp³-hybridized carbons (Fsp3) is 0. The first-order valence-corrected chi connectivity index (χ1v) is 5.53. The minimum absolute atomic E-state index is 0.298. The molecule has 0 saturated heterocycles. The highest BCUT2D eigenvalue weighted by atomic mass is 32.1. The molecule has 1 heterocycles. The van der Waals surface area contributed by atoms with Gasteiger partial charge >= 0.3 is 5.97 Å². The van der Waals surface area contributed by atoms with Crippen LogP contribution in [0.1, 0.15) is 20.8 Å². The van der Waals surface area contributed by atoms with Gasteiger partial charge in [0.1, 0.15) is 0 Å². The lowest BCUT2D eigenvalue weighted by molar-refractivity contribution is 0.0697. The van der Waals surface area contributed by atoms with Crippen molar-refractivity contribution in [3.63, 3.8) is 0 Å². The second-order valence-corrected chi connectivity index (χ2v) is 4.09. The maximum absolute atomic E-state index is 10.8. The Morgan fingerprint density at radius 3 is 2.94 bits per heavy atom. The van der Waals surface area contributed by atoms with Gasteiger partial charge in [0.05, 0.1) is 11.1 Å². The molecule has 1 aromatic carbocycles. The number of carboxylic acid groups (broad SMARTS) is 1. The van der Waals surface area contributed by atoms with Gasteiger partial charge in [-0.25, -0.2) is 4.79 Å². The van der Waals surface area contributed by atoms with E-state index in [1.165, 1.54) is 11.3 Å². The van der Waals surface area contributed by atoms with Crippen LogP contribution in [-0.2, 0) is 0 Å². The molecule has 2 rings (SSSR count). The minimum atomic E-state index is -0.909. The Balaban J connectivity index is 2.22. The molecule has 0 amide bonds. The van der Waals surface area contributed by atoms with Gasteiger partial charge in [0.15, 0.2) is 0 Å². The quantitative estimate of drug-likeness (QED) is 0.883. The maximum Gasteiger partial charge on any atom is 0.335 e. The van der Waals surface area contributed by atoms with Crippen molar-refractivity contribution in [2.24, 2.45) is 0 Å². The van der Waals surface area contributed by atoms with Crippen LogP contribution in [-0.4, -0.2) is 16.1 Å². The molecule has 1 N–H and O–H groups in total. The summed E-state index contributed by atoms with van der Waals surface area (Å²) >= 11 is 1.54. The van der Waals surface area contributed by atoms with Gasteiger partial charge in [-0.3, -0.25) is 4.98 Å². The van der Waals surface area contributed by atoms with Gasteiger partial charge in [0.25, 0.3) is 0 Å². The molecule has 0 aliphatic carbocycles. The van der Waals surface area contributed by atoms with Gasteiger partial charge < -0.3 is 5.11 Å². The van der Waals surface area contributed by atoms with E-state index >= 15 is 0 Å². The van der Waals surface area contributed by atoms with E-state index in [9.17, 15) is 4.79 Å². The van der Waals surface area contributed by atoms with E-state index < -0.39 is 5.97 Å². The molecule has 0 unspecified atom stereocenters. The predicted octanol–water partition coefficient (Wildman–Crippen LogP) is 3.01. The third-order valence-electron chi connectivity index (χ3n) is 2.03. The summed E-state index contributed by atoms with van der Waals surface area (Å²) in [7, 11) is 0. The molecule has 0 saturated carbocycles. The van der Waals surface area contributed by atoms with Crippen LogP contribution < -0.4 is 0 Å². The van der Waals surface area contributed by atoms with Crippen LogP contribution in [0.4, 0.5) is 0 Å². The zero-order valence-electron chi connectivity index (χ0n) is 8.33. The first-order valence-electron chi connectivity index (χ1n) is 4.65. The highest BCUT2D eigenvalue weighted by Gasteiger charge is 2.01. The predicted molar refractivity (Wildman–Crippen MR) is 64.4 cm³/mol.